The van der Waals surface area contributed by atoms with Gasteiger partial charge in [-0.25, -0.2) is 0 Å². The molecule has 0 aliphatic rings. The number of thioether (sulfide) groups is 1. The predicted octanol–water partition coefficient (Wildman–Crippen LogP) is 5.38. The highest BCUT2D eigenvalue weighted by atomic mass is 32.2. The lowest BCUT2D eigenvalue weighted by Crippen LogP contribution is -2.15. The minimum Gasteiger partial charge on any atom is -0.344 e. The lowest BCUT2D eigenvalue weighted by molar-refractivity contribution is 0.108. The number of anilines is 1. The Morgan fingerprint density at radius 3 is 2.04 bits per heavy atom. The second kappa shape index (κ2) is 9.80. The Kier molecular flexibility index (Phi) is 6.88. The molecule has 4 heteroatoms. The van der Waals surface area contributed by atoms with Crippen molar-refractivity contribution >= 4 is 22.6 Å². The van der Waals surface area contributed by atoms with Crippen LogP contribution in [0.25, 0.3) is 0 Å². The lowest BCUT2D eigenvalue weighted by atomic mass is 10.2. The zero-order valence-electron chi connectivity index (χ0n) is 14.3. The fraction of sp³-hybridized carbons (Fsp3) is 0.0909. The molecule has 0 saturated heterocycles. The van der Waals surface area contributed by atoms with Gasteiger partial charge in [-0.15, -0.1) is 0 Å². The van der Waals surface area contributed by atoms with Gasteiger partial charge in [0, 0.05) is 11.3 Å². The van der Waals surface area contributed by atoms with Gasteiger partial charge in [-0.05, 0) is 35.9 Å². The van der Waals surface area contributed by atoms with Gasteiger partial charge in [0.1, 0.15) is 0 Å². The third-order valence-corrected chi connectivity index (χ3v) is 4.51. The Morgan fingerprint density at radius 2 is 1.38 bits per heavy atom. The number of hydrogen-bond acceptors (Lipinski definition) is 4. The maximum Gasteiger partial charge on any atom is 0.255 e. The number of carbonyl (C=O) groups excluding carboxylic acids is 1. The van der Waals surface area contributed by atoms with E-state index in [9.17, 15) is 4.79 Å². The molecule has 0 spiro atoms. The molecular formula is C22H20NO2S. The average Bonchev–Trinajstić information content (AvgIpc) is 2.70. The Labute approximate surface area is 158 Å². The van der Waals surface area contributed by atoms with Crippen LogP contribution in [0.1, 0.15) is 15.9 Å². The van der Waals surface area contributed by atoms with E-state index in [4.69, 9.17) is 4.74 Å². The Hall–Kier alpha value is -2.56. The van der Waals surface area contributed by atoms with Crippen LogP contribution >= 0.6 is 11.8 Å². The first-order chi connectivity index (χ1) is 12.8. The highest BCUT2D eigenvalue weighted by molar-refractivity contribution is 8.16. The van der Waals surface area contributed by atoms with Crippen molar-refractivity contribution in [3.63, 3.8) is 0 Å². The summed E-state index contributed by atoms with van der Waals surface area (Å²) in [4.78, 5) is 12.5. The smallest absolute Gasteiger partial charge is 0.255 e. The summed E-state index contributed by atoms with van der Waals surface area (Å²) in [6, 6.07) is 29.1. The van der Waals surface area contributed by atoms with Gasteiger partial charge in [0.2, 0.25) is 5.12 Å². The van der Waals surface area contributed by atoms with E-state index >= 15 is 0 Å². The maximum absolute atomic E-state index is 12.5. The largest absolute Gasteiger partial charge is 0.344 e. The molecule has 0 fully saturated rings. The van der Waals surface area contributed by atoms with Crippen molar-refractivity contribution in [3.05, 3.63) is 108 Å². The van der Waals surface area contributed by atoms with Gasteiger partial charge in [0.05, 0.1) is 6.61 Å². The quantitative estimate of drug-likeness (QED) is 0.584. The van der Waals surface area contributed by atoms with Crippen molar-refractivity contribution in [3.8, 4) is 0 Å². The topological polar surface area (TPSA) is 38.3 Å². The number of nitrogens with one attached hydrogen (secondary N) is 1. The summed E-state index contributed by atoms with van der Waals surface area (Å²) in [5.41, 5.74) is 3.22. The van der Waals surface area contributed by atoms with Gasteiger partial charge in [0.25, 0.3) is 5.56 Å². The molecule has 1 radical (unpaired) electrons. The third kappa shape index (κ3) is 5.76. The summed E-state index contributed by atoms with van der Waals surface area (Å²) < 4.78 is 5.89. The van der Waals surface area contributed by atoms with Crippen molar-refractivity contribution in [1.29, 1.82) is 0 Å². The number of para-hydroxylation sites is 1. The standard InChI is InChI=1S/C22H20NO2S/c24-21(19-12-6-2-7-13-19)26-22(23-20-14-8-3-9-15-20)25-17-16-18-10-4-1-5-11-18/h1-15,23H,16-17H2. The highest BCUT2D eigenvalue weighted by Gasteiger charge is 2.18. The van der Waals surface area contributed by atoms with Crippen LogP contribution in [0.2, 0.25) is 0 Å². The lowest BCUT2D eigenvalue weighted by Gasteiger charge is -2.17. The van der Waals surface area contributed by atoms with Crippen LogP contribution in [0.4, 0.5) is 5.69 Å². The molecule has 0 aromatic heterocycles. The summed E-state index contributed by atoms with van der Waals surface area (Å²) in [5, 5.41) is 3.15. The van der Waals surface area contributed by atoms with Gasteiger partial charge >= 0.3 is 0 Å². The van der Waals surface area contributed by atoms with Crippen LogP contribution in [-0.4, -0.2) is 11.7 Å². The van der Waals surface area contributed by atoms with Crippen LogP contribution in [0.3, 0.4) is 0 Å². The molecule has 26 heavy (non-hydrogen) atoms. The van der Waals surface area contributed by atoms with E-state index in [-0.39, 0.29) is 5.12 Å². The predicted molar refractivity (Wildman–Crippen MR) is 108 cm³/mol. The molecule has 3 nitrogen and oxygen atoms in total. The van der Waals surface area contributed by atoms with Crippen molar-refractivity contribution < 1.29 is 9.53 Å². The van der Waals surface area contributed by atoms with Gasteiger partial charge in [-0.2, -0.15) is 0 Å². The molecule has 3 aromatic rings. The first kappa shape index (κ1) is 18.2. The molecule has 0 bridgehead atoms. The minimum atomic E-state index is -0.0521. The summed E-state index contributed by atoms with van der Waals surface area (Å²) in [6.07, 6.45) is 0.779. The van der Waals surface area contributed by atoms with Crippen LogP contribution in [0.5, 0.6) is 0 Å². The second-order valence-corrected chi connectivity index (χ2v) is 6.56. The summed E-state index contributed by atoms with van der Waals surface area (Å²) in [5.74, 6) is 0. The molecule has 0 aliphatic carbocycles. The van der Waals surface area contributed by atoms with Crippen LogP contribution < -0.4 is 5.32 Å². The number of ether oxygens (including phenoxy) is 1. The first-order valence-electron chi connectivity index (χ1n) is 8.44. The third-order valence-electron chi connectivity index (χ3n) is 3.68. The van der Waals surface area contributed by atoms with Gasteiger partial charge in [-0.3, -0.25) is 4.79 Å². The maximum atomic E-state index is 12.5. The Balaban J connectivity index is 1.62. The zero-order valence-corrected chi connectivity index (χ0v) is 15.1. The summed E-state index contributed by atoms with van der Waals surface area (Å²) in [7, 11) is 0. The van der Waals surface area contributed by atoms with Crippen molar-refractivity contribution in [2.24, 2.45) is 0 Å². The fourth-order valence-electron chi connectivity index (χ4n) is 2.35. The van der Waals surface area contributed by atoms with E-state index in [2.05, 4.69) is 17.4 Å². The number of hydrogen-bond donors (Lipinski definition) is 1. The molecule has 0 saturated carbocycles. The van der Waals surface area contributed by atoms with Gasteiger partial charge < -0.3 is 10.1 Å². The van der Waals surface area contributed by atoms with E-state index in [1.807, 2.05) is 66.7 Å². The SMILES string of the molecule is O=C(S[C](Nc1ccccc1)OCCc1ccccc1)c1ccccc1. The molecule has 0 heterocycles. The van der Waals surface area contributed by atoms with E-state index in [0.717, 1.165) is 23.9 Å². The second-order valence-electron chi connectivity index (χ2n) is 5.62. The monoisotopic (exact) mass is 362 g/mol. The minimum absolute atomic E-state index is 0.0521. The zero-order chi connectivity index (χ0) is 18.0. The van der Waals surface area contributed by atoms with Crippen molar-refractivity contribution in [2.45, 2.75) is 6.42 Å². The first-order valence-corrected chi connectivity index (χ1v) is 9.26. The number of benzene rings is 3. The van der Waals surface area contributed by atoms with E-state index < -0.39 is 0 Å². The van der Waals surface area contributed by atoms with Crippen LogP contribution in [0, 0.1) is 5.56 Å². The van der Waals surface area contributed by atoms with Gasteiger partial charge in [-0.1, -0.05) is 78.9 Å². The average molecular weight is 362 g/mol. The Bertz CT molecular complexity index is 794. The normalized spacial score (nSPS) is 10.7. The molecule has 3 aromatic carbocycles. The molecule has 131 valence electrons. The molecule has 0 amide bonds. The van der Waals surface area contributed by atoms with Crippen molar-refractivity contribution in [1.82, 2.24) is 0 Å². The Morgan fingerprint density at radius 1 is 0.808 bits per heavy atom. The molecule has 0 aliphatic heterocycles. The van der Waals surface area contributed by atoms with E-state index in [1.165, 1.54) is 5.56 Å². The highest BCUT2D eigenvalue weighted by Crippen LogP contribution is 2.27. The van der Waals surface area contributed by atoms with E-state index in [1.54, 1.807) is 12.1 Å². The number of carbonyl (C=O) groups is 1. The molecule has 3 rings (SSSR count). The summed E-state index contributed by atoms with van der Waals surface area (Å²) in [6.45, 7) is 0.494. The van der Waals surface area contributed by atoms with Crippen LogP contribution in [0.15, 0.2) is 91.0 Å². The molecule has 0 atom stereocenters. The molecular weight excluding hydrogens is 342 g/mol. The fourth-order valence-corrected chi connectivity index (χ4v) is 3.09. The van der Waals surface area contributed by atoms with E-state index in [0.29, 0.717) is 17.7 Å². The molecule has 0 unspecified atom stereocenters. The van der Waals surface area contributed by atoms with Crippen molar-refractivity contribution in [2.75, 3.05) is 11.9 Å². The number of rotatable bonds is 8. The van der Waals surface area contributed by atoms with Gasteiger partial charge in [0.15, 0.2) is 0 Å². The summed E-state index contributed by atoms with van der Waals surface area (Å²) >= 11 is 1.07. The molecule has 1 N–H and O–H groups in total. The van der Waals surface area contributed by atoms with Crippen LogP contribution in [-0.2, 0) is 11.2 Å².